The van der Waals surface area contributed by atoms with Gasteiger partial charge in [0, 0.05) is 17.6 Å². The number of para-hydroxylation sites is 1. The summed E-state index contributed by atoms with van der Waals surface area (Å²) in [5, 5.41) is 14.9. The van der Waals surface area contributed by atoms with Crippen LogP contribution in [0.4, 0.5) is 15.1 Å². The van der Waals surface area contributed by atoms with E-state index in [1.54, 1.807) is 0 Å². The van der Waals surface area contributed by atoms with E-state index in [0.717, 1.165) is 23.7 Å². The van der Waals surface area contributed by atoms with Crippen molar-refractivity contribution < 1.29 is 14.1 Å². The summed E-state index contributed by atoms with van der Waals surface area (Å²) in [6.07, 6.45) is 0. The zero-order chi connectivity index (χ0) is 13.8. The van der Waals surface area contributed by atoms with E-state index in [4.69, 9.17) is 10.6 Å². The van der Waals surface area contributed by atoms with E-state index in [1.165, 1.54) is 6.07 Å². The van der Waals surface area contributed by atoms with Crippen molar-refractivity contribution in [3.63, 3.8) is 0 Å². The van der Waals surface area contributed by atoms with E-state index in [2.05, 4.69) is 15.0 Å². The first-order valence-corrected chi connectivity index (χ1v) is 5.74. The number of anilines is 1. The number of nitrogens with two attached hydrogens (primary N) is 1. The highest BCUT2D eigenvalue weighted by molar-refractivity contribution is 7.10. The van der Waals surface area contributed by atoms with Crippen LogP contribution in [0.15, 0.2) is 18.2 Å². The molecule has 0 fully saturated rings. The normalized spacial score (nSPS) is 10.2. The van der Waals surface area contributed by atoms with Crippen molar-refractivity contribution in [1.82, 2.24) is 9.59 Å². The van der Waals surface area contributed by atoms with Gasteiger partial charge in [0.2, 0.25) is 5.75 Å². The summed E-state index contributed by atoms with van der Waals surface area (Å²) >= 11 is 0.995. The predicted octanol–water partition coefficient (Wildman–Crippen LogP) is 1.45. The summed E-state index contributed by atoms with van der Waals surface area (Å²) in [7, 11) is 0. The van der Waals surface area contributed by atoms with Crippen molar-refractivity contribution >= 4 is 22.2 Å². The molecule has 0 aliphatic rings. The van der Waals surface area contributed by atoms with E-state index in [-0.39, 0.29) is 6.61 Å². The molecule has 0 amide bonds. The van der Waals surface area contributed by atoms with Crippen LogP contribution < -0.4 is 16.0 Å². The second-order valence-corrected chi connectivity index (χ2v) is 4.08. The summed E-state index contributed by atoms with van der Waals surface area (Å²) in [6, 6.07) is 3.46. The van der Waals surface area contributed by atoms with E-state index < -0.39 is 22.2 Å². The smallest absolute Gasteiger partial charge is 0.314 e. The molecule has 2 aromatic rings. The standard InChI is InChI=1S/C9H8FN5O3S/c10-5-2-1-3-7(15(16)17)8(5)18-4-6-9(12-11)19-14-13-6/h1-3,12H,4,11H2. The van der Waals surface area contributed by atoms with Gasteiger partial charge in [0.15, 0.2) is 10.8 Å². The third kappa shape index (κ3) is 2.74. The van der Waals surface area contributed by atoms with Gasteiger partial charge in [-0.1, -0.05) is 10.6 Å². The predicted molar refractivity (Wildman–Crippen MR) is 65.1 cm³/mol. The number of nitrogen functional groups attached to an aromatic ring is 1. The molecule has 0 unspecified atom stereocenters. The lowest BCUT2D eigenvalue weighted by Crippen LogP contribution is -2.09. The SMILES string of the molecule is NNc1snnc1COc1c(F)cccc1[N+](=O)[O-]. The number of hydrogen-bond acceptors (Lipinski definition) is 8. The Morgan fingerprint density at radius 2 is 2.37 bits per heavy atom. The van der Waals surface area contributed by atoms with Crippen LogP contribution in [0.25, 0.3) is 0 Å². The minimum Gasteiger partial charge on any atom is -0.478 e. The van der Waals surface area contributed by atoms with Gasteiger partial charge in [-0.15, -0.1) is 5.10 Å². The van der Waals surface area contributed by atoms with Gasteiger partial charge in [-0.2, -0.15) is 0 Å². The Morgan fingerprint density at radius 3 is 3.05 bits per heavy atom. The highest BCUT2D eigenvalue weighted by Crippen LogP contribution is 2.30. The maximum Gasteiger partial charge on any atom is 0.314 e. The van der Waals surface area contributed by atoms with E-state index in [9.17, 15) is 14.5 Å². The molecule has 100 valence electrons. The molecule has 19 heavy (non-hydrogen) atoms. The lowest BCUT2D eigenvalue weighted by Gasteiger charge is -2.06. The minimum atomic E-state index is -0.820. The summed E-state index contributed by atoms with van der Waals surface area (Å²) in [5.41, 5.74) is 2.23. The topological polar surface area (TPSA) is 116 Å². The van der Waals surface area contributed by atoms with Crippen molar-refractivity contribution in [2.24, 2.45) is 5.84 Å². The Balaban J connectivity index is 2.22. The van der Waals surface area contributed by atoms with Crippen molar-refractivity contribution in [1.29, 1.82) is 0 Å². The lowest BCUT2D eigenvalue weighted by atomic mass is 10.3. The zero-order valence-corrected chi connectivity index (χ0v) is 10.2. The number of benzene rings is 1. The van der Waals surface area contributed by atoms with Crippen LogP contribution in [0.2, 0.25) is 0 Å². The number of ether oxygens (including phenoxy) is 1. The van der Waals surface area contributed by atoms with Gasteiger partial charge in [0.25, 0.3) is 0 Å². The highest BCUT2D eigenvalue weighted by Gasteiger charge is 2.20. The van der Waals surface area contributed by atoms with Gasteiger partial charge in [-0.3, -0.25) is 10.1 Å². The first-order chi connectivity index (χ1) is 9.13. The van der Waals surface area contributed by atoms with Gasteiger partial charge in [0.05, 0.1) is 4.92 Å². The maximum absolute atomic E-state index is 13.5. The molecule has 0 saturated heterocycles. The third-order valence-electron chi connectivity index (χ3n) is 2.18. The second kappa shape index (κ2) is 5.54. The van der Waals surface area contributed by atoms with Crippen molar-refractivity contribution in [2.45, 2.75) is 6.61 Å². The quantitative estimate of drug-likeness (QED) is 0.485. The number of nitro groups is 1. The molecule has 0 aliphatic carbocycles. The van der Waals surface area contributed by atoms with E-state index in [0.29, 0.717) is 10.7 Å². The van der Waals surface area contributed by atoms with Crippen LogP contribution in [0.1, 0.15) is 5.69 Å². The van der Waals surface area contributed by atoms with Crippen molar-refractivity contribution in [3.05, 3.63) is 39.8 Å². The van der Waals surface area contributed by atoms with Gasteiger partial charge >= 0.3 is 5.69 Å². The molecule has 10 heteroatoms. The molecular formula is C9H8FN5O3S. The van der Waals surface area contributed by atoms with Crippen LogP contribution >= 0.6 is 11.5 Å². The first kappa shape index (κ1) is 13.1. The summed E-state index contributed by atoms with van der Waals surface area (Å²) in [6.45, 7) is -0.183. The Bertz CT molecular complexity index is 605. The number of aromatic nitrogens is 2. The minimum absolute atomic E-state index is 0.183. The van der Waals surface area contributed by atoms with Gasteiger partial charge in [-0.05, 0) is 6.07 Å². The summed E-state index contributed by atoms with van der Waals surface area (Å²) in [5.74, 6) is 3.95. The molecule has 1 heterocycles. The number of hydrazine groups is 1. The molecule has 0 bridgehead atoms. The number of halogens is 1. The Kier molecular flexibility index (Phi) is 3.82. The van der Waals surface area contributed by atoms with Crippen molar-refractivity contribution in [3.8, 4) is 5.75 Å². The largest absolute Gasteiger partial charge is 0.478 e. The van der Waals surface area contributed by atoms with Crippen LogP contribution in [-0.2, 0) is 6.61 Å². The Labute approximate surface area is 110 Å². The molecule has 8 nitrogen and oxygen atoms in total. The number of hydrogen-bond donors (Lipinski definition) is 2. The lowest BCUT2D eigenvalue weighted by molar-refractivity contribution is -0.386. The van der Waals surface area contributed by atoms with Gasteiger partial charge in [-0.25, -0.2) is 10.2 Å². The maximum atomic E-state index is 13.5. The molecule has 3 N–H and O–H groups in total. The molecule has 0 radical (unpaired) electrons. The molecule has 0 aliphatic heterocycles. The fourth-order valence-electron chi connectivity index (χ4n) is 1.34. The second-order valence-electron chi connectivity index (χ2n) is 3.33. The molecule has 0 saturated carbocycles. The molecule has 0 atom stereocenters. The number of nitrogens with zero attached hydrogens (tertiary/aromatic N) is 3. The van der Waals surface area contributed by atoms with Crippen molar-refractivity contribution in [2.75, 3.05) is 5.43 Å². The number of nitrogens with one attached hydrogen (secondary N) is 1. The highest BCUT2D eigenvalue weighted by atomic mass is 32.1. The molecule has 1 aromatic heterocycles. The van der Waals surface area contributed by atoms with Crippen LogP contribution in [0, 0.1) is 15.9 Å². The average molecular weight is 285 g/mol. The van der Waals surface area contributed by atoms with Gasteiger partial charge < -0.3 is 10.2 Å². The monoisotopic (exact) mass is 285 g/mol. The fraction of sp³-hybridized carbons (Fsp3) is 0.111. The molecular weight excluding hydrogens is 277 g/mol. The van der Waals surface area contributed by atoms with Gasteiger partial charge in [0.1, 0.15) is 12.3 Å². The molecule has 1 aromatic carbocycles. The number of rotatable bonds is 5. The first-order valence-electron chi connectivity index (χ1n) is 4.97. The van der Waals surface area contributed by atoms with Crippen LogP contribution in [-0.4, -0.2) is 14.5 Å². The van der Waals surface area contributed by atoms with Crippen LogP contribution in [0.3, 0.4) is 0 Å². The molecule has 2 rings (SSSR count). The Hall–Kier alpha value is -2.33. The Morgan fingerprint density at radius 1 is 1.58 bits per heavy atom. The van der Waals surface area contributed by atoms with Crippen LogP contribution in [0.5, 0.6) is 5.75 Å². The zero-order valence-electron chi connectivity index (χ0n) is 9.37. The summed E-state index contributed by atoms with van der Waals surface area (Å²) in [4.78, 5) is 10.0. The van der Waals surface area contributed by atoms with E-state index >= 15 is 0 Å². The van der Waals surface area contributed by atoms with E-state index in [1.807, 2.05) is 0 Å². The average Bonchev–Trinajstić information content (AvgIpc) is 2.84. The molecule has 0 spiro atoms. The summed E-state index contributed by atoms with van der Waals surface area (Å²) < 4.78 is 22.3. The fourth-order valence-corrected chi connectivity index (χ4v) is 1.82. The third-order valence-corrected chi connectivity index (χ3v) is 2.88. The number of nitro benzene ring substituents is 1.